The Labute approximate surface area is 195 Å². The van der Waals surface area contributed by atoms with Crippen LogP contribution in [0.2, 0.25) is 0 Å². The van der Waals surface area contributed by atoms with Gasteiger partial charge in [0, 0.05) is 35.1 Å². The minimum Gasteiger partial charge on any atom is -0.454 e. The van der Waals surface area contributed by atoms with Gasteiger partial charge in [0.25, 0.3) is 5.91 Å². The minimum atomic E-state index is -0.606. The molecule has 2 atom stereocenters. The van der Waals surface area contributed by atoms with E-state index in [2.05, 4.69) is 16.4 Å². The molecule has 1 aromatic heterocycles. The average Bonchev–Trinajstić information content (AvgIpc) is 3.56. The zero-order valence-corrected chi connectivity index (χ0v) is 18.2. The Morgan fingerprint density at radius 2 is 1.85 bits per heavy atom. The lowest BCUT2D eigenvalue weighted by atomic mass is 9.90. The summed E-state index contributed by atoms with van der Waals surface area (Å²) in [7, 11) is 0. The van der Waals surface area contributed by atoms with E-state index in [9.17, 15) is 9.59 Å². The number of carbonyl (C=O) groups excluding carboxylic acids is 2. The first-order valence-corrected chi connectivity index (χ1v) is 11.4. The number of aromatic nitrogens is 1. The van der Waals surface area contributed by atoms with Crippen molar-refractivity contribution in [3.8, 4) is 11.5 Å². The van der Waals surface area contributed by atoms with Crippen molar-refractivity contribution in [3.63, 3.8) is 0 Å². The van der Waals surface area contributed by atoms with Crippen molar-refractivity contribution in [2.45, 2.75) is 25.0 Å². The Morgan fingerprint density at radius 3 is 2.79 bits per heavy atom. The number of benzene rings is 3. The normalized spacial score (nSPS) is 19.6. The molecule has 7 nitrogen and oxygen atoms in total. The second-order valence-electron chi connectivity index (χ2n) is 8.89. The zero-order chi connectivity index (χ0) is 22.8. The molecule has 7 rings (SSSR count). The largest absolute Gasteiger partial charge is 0.454 e. The summed E-state index contributed by atoms with van der Waals surface area (Å²) in [5.41, 5.74) is 5.63. The summed E-state index contributed by atoms with van der Waals surface area (Å²) in [6, 6.07) is 20.5. The van der Waals surface area contributed by atoms with Crippen molar-refractivity contribution in [2.75, 3.05) is 6.79 Å². The van der Waals surface area contributed by atoms with E-state index in [4.69, 9.17) is 9.47 Å². The highest BCUT2D eigenvalue weighted by Crippen LogP contribution is 2.46. The fourth-order valence-electron chi connectivity index (χ4n) is 5.50. The first-order chi connectivity index (χ1) is 16.7. The predicted molar refractivity (Wildman–Crippen MR) is 125 cm³/mol. The van der Waals surface area contributed by atoms with Crippen LogP contribution in [-0.2, 0) is 17.8 Å². The van der Waals surface area contributed by atoms with E-state index in [1.165, 1.54) is 0 Å². The molecule has 0 spiro atoms. The van der Waals surface area contributed by atoms with E-state index in [-0.39, 0.29) is 24.6 Å². The smallest absolute Gasteiger partial charge is 0.255 e. The molecule has 0 saturated carbocycles. The Kier molecular flexibility index (Phi) is 4.03. The molecular weight excluding hydrogens is 430 g/mol. The lowest BCUT2D eigenvalue weighted by Gasteiger charge is -2.37. The van der Waals surface area contributed by atoms with Crippen molar-refractivity contribution in [2.24, 2.45) is 0 Å². The number of amides is 2. The van der Waals surface area contributed by atoms with Gasteiger partial charge in [0.2, 0.25) is 12.7 Å². The zero-order valence-electron chi connectivity index (χ0n) is 18.2. The highest BCUT2D eigenvalue weighted by Gasteiger charge is 2.48. The highest BCUT2D eigenvalue weighted by molar-refractivity contribution is 6.03. The highest BCUT2D eigenvalue weighted by atomic mass is 16.7. The van der Waals surface area contributed by atoms with Crippen molar-refractivity contribution in [1.82, 2.24) is 15.2 Å². The minimum absolute atomic E-state index is 0.104. The summed E-state index contributed by atoms with van der Waals surface area (Å²) in [5, 5.41) is 4.15. The number of aromatic amines is 1. The van der Waals surface area contributed by atoms with Crippen LogP contribution in [0.15, 0.2) is 66.7 Å². The molecule has 2 N–H and O–H groups in total. The van der Waals surface area contributed by atoms with Gasteiger partial charge in [0.1, 0.15) is 6.04 Å². The van der Waals surface area contributed by atoms with Crippen molar-refractivity contribution in [1.29, 1.82) is 0 Å². The number of ether oxygens (including phenoxy) is 2. The van der Waals surface area contributed by atoms with E-state index in [1.807, 2.05) is 60.7 Å². The molecule has 2 unspecified atom stereocenters. The van der Waals surface area contributed by atoms with Crippen molar-refractivity contribution < 1.29 is 19.1 Å². The summed E-state index contributed by atoms with van der Waals surface area (Å²) in [6.07, 6.45) is 0.461. The van der Waals surface area contributed by atoms with E-state index in [0.717, 1.165) is 33.3 Å². The molecule has 3 aliphatic rings. The van der Waals surface area contributed by atoms with Crippen LogP contribution >= 0.6 is 0 Å². The summed E-state index contributed by atoms with van der Waals surface area (Å²) in [6.45, 7) is 0.547. The number of rotatable bonds is 3. The van der Waals surface area contributed by atoms with Crippen molar-refractivity contribution in [3.05, 3.63) is 94.7 Å². The molecule has 3 aromatic carbocycles. The lowest BCUT2D eigenvalue weighted by Crippen LogP contribution is -2.52. The molecule has 0 saturated heterocycles. The van der Waals surface area contributed by atoms with Crippen LogP contribution in [0.1, 0.15) is 38.8 Å². The average molecular weight is 451 g/mol. The number of nitrogens with zero attached hydrogens (tertiary/aromatic N) is 1. The molecule has 0 bridgehead atoms. The number of para-hydroxylation sites is 1. The first kappa shape index (κ1) is 19.2. The number of hydrogen-bond acceptors (Lipinski definition) is 4. The van der Waals surface area contributed by atoms with Gasteiger partial charge in [-0.1, -0.05) is 42.5 Å². The molecule has 34 heavy (non-hydrogen) atoms. The molecular formula is C27H21N3O4. The number of H-pyrrole nitrogens is 1. The Balaban J connectivity index is 1.25. The summed E-state index contributed by atoms with van der Waals surface area (Å²) < 4.78 is 10.8. The summed E-state index contributed by atoms with van der Waals surface area (Å²) in [4.78, 5) is 32.3. The van der Waals surface area contributed by atoms with Crippen LogP contribution in [0.4, 0.5) is 0 Å². The lowest BCUT2D eigenvalue weighted by molar-refractivity contribution is -0.126. The van der Waals surface area contributed by atoms with Crippen molar-refractivity contribution >= 4 is 22.7 Å². The van der Waals surface area contributed by atoms with Gasteiger partial charge < -0.3 is 24.7 Å². The monoisotopic (exact) mass is 451 g/mol. The molecule has 4 aromatic rings. The second kappa shape index (κ2) is 7.12. The molecule has 2 amide bonds. The van der Waals surface area contributed by atoms with E-state index >= 15 is 0 Å². The van der Waals surface area contributed by atoms with Crippen LogP contribution in [-0.4, -0.2) is 34.5 Å². The van der Waals surface area contributed by atoms with Gasteiger partial charge >= 0.3 is 0 Å². The molecule has 0 radical (unpaired) electrons. The van der Waals surface area contributed by atoms with Crippen LogP contribution in [0.5, 0.6) is 11.5 Å². The third-order valence-corrected chi connectivity index (χ3v) is 7.06. The van der Waals surface area contributed by atoms with Crippen LogP contribution < -0.4 is 14.8 Å². The molecule has 4 heterocycles. The fraction of sp³-hybridized carbons (Fsp3) is 0.185. The molecule has 7 heteroatoms. The molecule has 3 aliphatic heterocycles. The topological polar surface area (TPSA) is 83.7 Å². The molecule has 0 aliphatic carbocycles. The van der Waals surface area contributed by atoms with Gasteiger partial charge in [-0.3, -0.25) is 9.59 Å². The summed E-state index contributed by atoms with van der Waals surface area (Å²) >= 11 is 0. The SMILES string of the molecule is O=C(NCc1ccc2c(c1)OCO2)C1Cc2c([nH]c3ccccc23)C2c3ccccc3C(=O)N12. The Hall–Kier alpha value is -4.26. The second-order valence-corrected chi connectivity index (χ2v) is 8.89. The number of nitrogens with one attached hydrogen (secondary N) is 2. The first-order valence-electron chi connectivity index (χ1n) is 11.4. The maximum Gasteiger partial charge on any atom is 0.255 e. The van der Waals surface area contributed by atoms with Gasteiger partial charge in [-0.25, -0.2) is 0 Å². The van der Waals surface area contributed by atoms with Gasteiger partial charge in [0.15, 0.2) is 11.5 Å². The van der Waals surface area contributed by atoms with Gasteiger partial charge in [-0.2, -0.15) is 0 Å². The van der Waals surface area contributed by atoms with Gasteiger partial charge in [-0.15, -0.1) is 0 Å². The van der Waals surface area contributed by atoms with Gasteiger partial charge in [0.05, 0.1) is 6.04 Å². The predicted octanol–water partition coefficient (Wildman–Crippen LogP) is 3.68. The Morgan fingerprint density at radius 1 is 1.03 bits per heavy atom. The molecule has 168 valence electrons. The third kappa shape index (κ3) is 2.70. The number of carbonyl (C=O) groups is 2. The van der Waals surface area contributed by atoms with E-state index in [0.29, 0.717) is 30.0 Å². The maximum atomic E-state index is 13.5. The molecule has 0 fully saturated rings. The summed E-state index contributed by atoms with van der Waals surface area (Å²) in [5.74, 6) is 1.11. The van der Waals surface area contributed by atoms with E-state index in [1.54, 1.807) is 4.90 Å². The Bertz CT molecular complexity index is 1490. The standard InChI is InChI=1S/C27H21N3O4/c31-26(28-13-15-9-10-22-23(11-15)34-14-33-22)21-12-19-16-5-3-4-8-20(16)29-24(19)25-17-6-1-2-7-18(17)27(32)30(21)25/h1-11,21,25,29H,12-14H2,(H,28,31). The number of fused-ring (bicyclic) bond motifs is 8. The quantitative estimate of drug-likeness (QED) is 0.498. The van der Waals surface area contributed by atoms with Gasteiger partial charge in [-0.05, 0) is 41.0 Å². The van der Waals surface area contributed by atoms with Crippen LogP contribution in [0.25, 0.3) is 10.9 Å². The number of hydrogen-bond donors (Lipinski definition) is 2. The van der Waals surface area contributed by atoms with Crippen LogP contribution in [0.3, 0.4) is 0 Å². The third-order valence-electron chi connectivity index (χ3n) is 7.06. The maximum absolute atomic E-state index is 13.5. The van der Waals surface area contributed by atoms with Crippen LogP contribution in [0, 0.1) is 0 Å². The van der Waals surface area contributed by atoms with E-state index < -0.39 is 6.04 Å². The fourth-order valence-corrected chi connectivity index (χ4v) is 5.50.